The molecule has 3 nitrogen and oxygen atoms in total. The minimum atomic E-state index is 0.673. The van der Waals surface area contributed by atoms with Gasteiger partial charge in [-0.25, -0.2) is 4.98 Å². The van der Waals surface area contributed by atoms with Crippen LogP contribution in [-0.4, -0.2) is 16.0 Å². The van der Waals surface area contributed by atoms with Gasteiger partial charge in [-0.3, -0.25) is 0 Å². The molecule has 1 aliphatic carbocycles. The molecule has 0 aliphatic heterocycles. The van der Waals surface area contributed by atoms with E-state index < -0.39 is 0 Å². The summed E-state index contributed by atoms with van der Waals surface area (Å²) in [5.74, 6) is 0.882. The average molecular weight is 235 g/mol. The third-order valence-electron chi connectivity index (χ3n) is 4.12. The third kappa shape index (κ3) is 3.32. The number of hydrogen-bond donors (Lipinski definition) is 2. The number of aromatic amines is 1. The molecule has 1 aromatic rings. The van der Waals surface area contributed by atoms with E-state index >= 15 is 0 Å². The molecule has 1 aromatic heterocycles. The number of hydrogen-bond acceptors (Lipinski definition) is 2. The van der Waals surface area contributed by atoms with Gasteiger partial charge in [0.25, 0.3) is 0 Å². The summed E-state index contributed by atoms with van der Waals surface area (Å²) in [7, 11) is 0. The van der Waals surface area contributed by atoms with E-state index in [0.29, 0.717) is 6.04 Å². The van der Waals surface area contributed by atoms with Crippen LogP contribution >= 0.6 is 0 Å². The molecule has 0 bridgehead atoms. The number of imidazole rings is 1. The maximum absolute atomic E-state index is 4.35. The van der Waals surface area contributed by atoms with Crippen LogP contribution in [0.1, 0.15) is 56.8 Å². The summed E-state index contributed by atoms with van der Waals surface area (Å²) in [6.45, 7) is 5.29. The van der Waals surface area contributed by atoms with Gasteiger partial charge < -0.3 is 10.3 Å². The molecule has 1 fully saturated rings. The van der Waals surface area contributed by atoms with Gasteiger partial charge in [0.2, 0.25) is 0 Å². The maximum Gasteiger partial charge on any atom is 0.0925 e. The quantitative estimate of drug-likeness (QED) is 0.823. The molecular weight excluding hydrogens is 210 g/mol. The van der Waals surface area contributed by atoms with Gasteiger partial charge in [0, 0.05) is 18.3 Å². The fourth-order valence-electron chi connectivity index (χ4n) is 2.97. The molecule has 0 amide bonds. The molecule has 2 N–H and O–H groups in total. The number of H-pyrrole nitrogens is 1. The average Bonchev–Trinajstić information content (AvgIpc) is 2.77. The van der Waals surface area contributed by atoms with Gasteiger partial charge in [-0.2, -0.15) is 0 Å². The van der Waals surface area contributed by atoms with Crippen LogP contribution in [0.25, 0.3) is 0 Å². The fraction of sp³-hybridized carbons (Fsp3) is 0.786. The molecule has 1 unspecified atom stereocenters. The first-order chi connectivity index (χ1) is 8.31. The van der Waals surface area contributed by atoms with E-state index in [9.17, 15) is 0 Å². The maximum atomic E-state index is 4.35. The lowest BCUT2D eigenvalue weighted by Gasteiger charge is -2.30. The van der Waals surface area contributed by atoms with Crippen LogP contribution in [0.5, 0.6) is 0 Å². The van der Waals surface area contributed by atoms with Crippen LogP contribution in [-0.2, 0) is 6.54 Å². The normalized spacial score (nSPS) is 19.4. The standard InChI is InChI=1S/C14H25N3/c1-3-13(12-7-5-4-6-8-12)15-9-14-11(2)16-10-17-14/h10,12-13,15H,3-9H2,1-2H3,(H,16,17). The highest BCUT2D eigenvalue weighted by molar-refractivity contribution is 5.08. The molecule has 1 heterocycles. The SMILES string of the molecule is CCC(NCc1nc[nH]c1C)C1CCCCC1. The van der Waals surface area contributed by atoms with Crippen LogP contribution in [0.2, 0.25) is 0 Å². The Kier molecular flexibility index (Phi) is 4.60. The summed E-state index contributed by atoms with van der Waals surface area (Å²) in [5.41, 5.74) is 2.36. The summed E-state index contributed by atoms with van der Waals surface area (Å²) < 4.78 is 0. The van der Waals surface area contributed by atoms with Crippen molar-refractivity contribution in [3.8, 4) is 0 Å². The predicted molar refractivity (Wildman–Crippen MR) is 70.8 cm³/mol. The second kappa shape index (κ2) is 6.20. The number of nitrogens with zero attached hydrogens (tertiary/aromatic N) is 1. The Morgan fingerprint density at radius 2 is 2.18 bits per heavy atom. The van der Waals surface area contributed by atoms with Gasteiger partial charge in [0.1, 0.15) is 0 Å². The Morgan fingerprint density at radius 1 is 1.41 bits per heavy atom. The summed E-state index contributed by atoms with van der Waals surface area (Å²) in [5, 5.41) is 3.70. The van der Waals surface area contributed by atoms with Gasteiger partial charge in [-0.1, -0.05) is 26.2 Å². The number of rotatable bonds is 5. The zero-order valence-corrected chi connectivity index (χ0v) is 11.1. The Hall–Kier alpha value is -0.830. The number of nitrogens with one attached hydrogen (secondary N) is 2. The van der Waals surface area contributed by atoms with Gasteiger partial charge in [0.05, 0.1) is 12.0 Å². The van der Waals surface area contributed by atoms with E-state index in [0.717, 1.165) is 12.5 Å². The van der Waals surface area contributed by atoms with E-state index in [1.54, 1.807) is 6.33 Å². The second-order valence-electron chi connectivity index (χ2n) is 5.27. The van der Waals surface area contributed by atoms with E-state index in [2.05, 4.69) is 29.1 Å². The molecule has 1 atom stereocenters. The highest BCUT2D eigenvalue weighted by Gasteiger charge is 2.21. The van der Waals surface area contributed by atoms with Crippen LogP contribution in [0, 0.1) is 12.8 Å². The van der Waals surface area contributed by atoms with Crippen LogP contribution in [0.15, 0.2) is 6.33 Å². The first-order valence-corrected chi connectivity index (χ1v) is 7.03. The van der Waals surface area contributed by atoms with Crippen LogP contribution in [0.4, 0.5) is 0 Å². The Morgan fingerprint density at radius 3 is 2.76 bits per heavy atom. The Labute approximate surface area is 104 Å². The smallest absolute Gasteiger partial charge is 0.0925 e. The lowest BCUT2D eigenvalue weighted by atomic mass is 9.83. The van der Waals surface area contributed by atoms with Crippen molar-refractivity contribution in [2.24, 2.45) is 5.92 Å². The molecule has 96 valence electrons. The summed E-state index contributed by atoms with van der Waals surface area (Å²) in [4.78, 5) is 7.49. The van der Waals surface area contributed by atoms with E-state index in [4.69, 9.17) is 0 Å². The van der Waals surface area contributed by atoms with Crippen molar-refractivity contribution in [1.82, 2.24) is 15.3 Å². The summed E-state index contributed by atoms with van der Waals surface area (Å²) in [6.07, 6.45) is 10.1. The van der Waals surface area contributed by atoms with Crippen molar-refractivity contribution in [2.75, 3.05) is 0 Å². The largest absolute Gasteiger partial charge is 0.348 e. The lowest BCUT2D eigenvalue weighted by molar-refractivity contribution is 0.261. The molecular formula is C14H25N3. The minimum absolute atomic E-state index is 0.673. The van der Waals surface area contributed by atoms with Crippen molar-refractivity contribution in [3.63, 3.8) is 0 Å². The molecule has 0 saturated heterocycles. The van der Waals surface area contributed by atoms with Crippen molar-refractivity contribution in [3.05, 3.63) is 17.7 Å². The van der Waals surface area contributed by atoms with Gasteiger partial charge in [-0.05, 0) is 32.1 Å². The van der Waals surface area contributed by atoms with Crippen molar-refractivity contribution < 1.29 is 0 Å². The van der Waals surface area contributed by atoms with Crippen molar-refractivity contribution >= 4 is 0 Å². The van der Waals surface area contributed by atoms with Gasteiger partial charge >= 0.3 is 0 Å². The molecule has 0 radical (unpaired) electrons. The third-order valence-corrected chi connectivity index (χ3v) is 4.12. The molecule has 2 rings (SSSR count). The van der Waals surface area contributed by atoms with Gasteiger partial charge in [-0.15, -0.1) is 0 Å². The molecule has 3 heteroatoms. The van der Waals surface area contributed by atoms with Gasteiger partial charge in [0.15, 0.2) is 0 Å². The number of aromatic nitrogens is 2. The fourth-order valence-corrected chi connectivity index (χ4v) is 2.97. The first-order valence-electron chi connectivity index (χ1n) is 7.03. The monoisotopic (exact) mass is 235 g/mol. The molecule has 0 aromatic carbocycles. The lowest BCUT2D eigenvalue weighted by Crippen LogP contribution is -2.36. The summed E-state index contributed by atoms with van der Waals surface area (Å²) >= 11 is 0. The Balaban J connectivity index is 1.84. The number of aryl methyl sites for hydroxylation is 1. The van der Waals surface area contributed by atoms with Crippen molar-refractivity contribution in [2.45, 2.75) is 65.0 Å². The minimum Gasteiger partial charge on any atom is -0.348 e. The summed E-state index contributed by atoms with van der Waals surface area (Å²) in [6, 6.07) is 0.673. The predicted octanol–water partition coefficient (Wildman–Crippen LogP) is 3.17. The molecule has 1 saturated carbocycles. The van der Waals surface area contributed by atoms with E-state index in [1.807, 2.05) is 0 Å². The van der Waals surface area contributed by atoms with Crippen LogP contribution in [0.3, 0.4) is 0 Å². The Bertz CT molecular complexity index is 326. The first kappa shape index (κ1) is 12.6. The second-order valence-corrected chi connectivity index (χ2v) is 5.27. The zero-order valence-electron chi connectivity index (χ0n) is 11.1. The highest BCUT2D eigenvalue weighted by atomic mass is 15.0. The highest BCUT2D eigenvalue weighted by Crippen LogP contribution is 2.27. The van der Waals surface area contributed by atoms with Crippen LogP contribution < -0.4 is 5.32 Å². The van der Waals surface area contributed by atoms with E-state index in [1.165, 1.54) is 49.9 Å². The zero-order chi connectivity index (χ0) is 12.1. The topological polar surface area (TPSA) is 40.7 Å². The van der Waals surface area contributed by atoms with E-state index in [-0.39, 0.29) is 0 Å². The molecule has 17 heavy (non-hydrogen) atoms. The molecule has 0 spiro atoms. The molecule has 1 aliphatic rings. The van der Waals surface area contributed by atoms with Crippen molar-refractivity contribution in [1.29, 1.82) is 0 Å².